The molecule has 6 heteroatoms. The molecule has 4 rings (SSSR count). The molecule has 0 bridgehead atoms. The van der Waals surface area contributed by atoms with Crippen LogP contribution in [0.25, 0.3) is 6.08 Å². The molecule has 1 aliphatic heterocycles. The quantitative estimate of drug-likeness (QED) is 0.397. The Bertz CT molecular complexity index is 1060. The molecule has 0 aliphatic carbocycles. The number of carbonyl (C=O) groups is 1. The fraction of sp³-hybridized carbons (Fsp3) is 0.0952. The summed E-state index contributed by atoms with van der Waals surface area (Å²) in [5.41, 5.74) is 2.22. The molecule has 27 heavy (non-hydrogen) atoms. The minimum atomic E-state index is -0.369. The topological polar surface area (TPSA) is 77.1 Å². The van der Waals surface area contributed by atoms with Crippen LogP contribution in [0.5, 0.6) is 11.5 Å². The molecule has 0 saturated carbocycles. The summed E-state index contributed by atoms with van der Waals surface area (Å²) in [6.45, 7) is 0.751. The summed E-state index contributed by atoms with van der Waals surface area (Å²) in [4.78, 5) is 12.7. The molecular weight excluding hydrogens is 342 g/mol. The lowest BCUT2D eigenvalue weighted by atomic mass is 10.0. The molecule has 0 radical (unpaired) electrons. The van der Waals surface area contributed by atoms with Crippen LogP contribution in [0.3, 0.4) is 0 Å². The van der Waals surface area contributed by atoms with Crippen molar-refractivity contribution in [1.29, 1.82) is 5.26 Å². The molecule has 1 aliphatic rings. The van der Waals surface area contributed by atoms with Gasteiger partial charge in [0.2, 0.25) is 12.6 Å². The van der Waals surface area contributed by atoms with Gasteiger partial charge < -0.3 is 9.47 Å². The predicted molar refractivity (Wildman–Crippen MR) is 98.3 cm³/mol. The minimum absolute atomic E-state index is 0.0353. The van der Waals surface area contributed by atoms with E-state index in [1.807, 2.05) is 36.4 Å². The first kappa shape index (κ1) is 16.6. The largest absolute Gasteiger partial charge is 0.454 e. The van der Waals surface area contributed by atoms with Crippen LogP contribution in [0.4, 0.5) is 0 Å². The molecule has 3 aromatic rings. The Morgan fingerprint density at radius 1 is 1.19 bits per heavy atom. The summed E-state index contributed by atoms with van der Waals surface area (Å²) >= 11 is 0. The molecule has 132 valence electrons. The van der Waals surface area contributed by atoms with Crippen LogP contribution in [0.2, 0.25) is 0 Å². The lowest BCUT2D eigenvalue weighted by Crippen LogP contribution is -2.02. The zero-order chi connectivity index (χ0) is 18.6. The molecule has 2 aromatic carbocycles. The number of ketones is 1. The highest BCUT2D eigenvalue weighted by atomic mass is 16.7. The van der Waals surface area contributed by atoms with Crippen molar-refractivity contribution in [3.63, 3.8) is 0 Å². The zero-order valence-corrected chi connectivity index (χ0v) is 14.3. The highest BCUT2D eigenvalue weighted by Gasteiger charge is 2.18. The van der Waals surface area contributed by atoms with Crippen molar-refractivity contribution in [3.8, 4) is 17.6 Å². The van der Waals surface area contributed by atoms with Crippen LogP contribution >= 0.6 is 0 Å². The summed E-state index contributed by atoms with van der Waals surface area (Å²) in [5, 5.41) is 13.7. The van der Waals surface area contributed by atoms with Gasteiger partial charge in [0, 0.05) is 17.3 Å². The van der Waals surface area contributed by atoms with Gasteiger partial charge in [-0.25, -0.2) is 0 Å². The number of nitrogens with zero attached hydrogens (tertiary/aromatic N) is 3. The molecule has 6 nitrogen and oxygen atoms in total. The van der Waals surface area contributed by atoms with Gasteiger partial charge in [-0.3, -0.25) is 9.48 Å². The fourth-order valence-electron chi connectivity index (χ4n) is 2.82. The normalized spacial score (nSPS) is 12.6. The van der Waals surface area contributed by atoms with Gasteiger partial charge in [-0.2, -0.15) is 10.4 Å². The summed E-state index contributed by atoms with van der Waals surface area (Å²) in [6.07, 6.45) is 4.98. The average molecular weight is 357 g/mol. The molecule has 0 amide bonds. The Kier molecular flexibility index (Phi) is 4.42. The second-order valence-electron chi connectivity index (χ2n) is 6.02. The van der Waals surface area contributed by atoms with Gasteiger partial charge in [0.05, 0.1) is 12.7 Å². The van der Waals surface area contributed by atoms with Gasteiger partial charge >= 0.3 is 0 Å². The first-order chi connectivity index (χ1) is 13.2. The number of nitriles is 1. The van der Waals surface area contributed by atoms with E-state index in [0.29, 0.717) is 29.2 Å². The van der Waals surface area contributed by atoms with Crippen molar-refractivity contribution in [2.45, 2.75) is 6.54 Å². The number of hydrogen-bond acceptors (Lipinski definition) is 5. The number of hydrogen-bond donors (Lipinski definition) is 0. The third-order valence-corrected chi connectivity index (χ3v) is 4.15. The highest BCUT2D eigenvalue weighted by Crippen LogP contribution is 2.33. The standard InChI is InChI=1S/C21H15N3O3/c22-10-18(21(25)17-6-7-19-20(9-17)27-14-26-19)8-16-11-23-24(13-16)12-15-4-2-1-3-5-15/h1-9,11,13H,12,14H2/b18-8-. The number of Topliss-reactive ketones (excluding diaryl/α,β-unsaturated/α-hetero) is 1. The van der Waals surface area contributed by atoms with Crippen molar-refractivity contribution in [3.05, 3.63) is 83.2 Å². The maximum Gasteiger partial charge on any atom is 0.231 e. The smallest absolute Gasteiger partial charge is 0.231 e. The van der Waals surface area contributed by atoms with Gasteiger partial charge in [-0.1, -0.05) is 30.3 Å². The first-order valence-electron chi connectivity index (χ1n) is 8.35. The van der Waals surface area contributed by atoms with E-state index in [1.165, 1.54) is 0 Å². The summed E-state index contributed by atoms with van der Waals surface area (Å²) in [5.74, 6) is 0.733. The number of allylic oxidation sites excluding steroid dienone is 1. The fourth-order valence-corrected chi connectivity index (χ4v) is 2.82. The van der Waals surface area contributed by atoms with Crippen molar-refractivity contribution in [1.82, 2.24) is 9.78 Å². The zero-order valence-electron chi connectivity index (χ0n) is 14.3. The maximum absolute atomic E-state index is 12.7. The third-order valence-electron chi connectivity index (χ3n) is 4.15. The summed E-state index contributed by atoms with van der Waals surface area (Å²) < 4.78 is 12.3. The van der Waals surface area contributed by atoms with Crippen molar-refractivity contribution >= 4 is 11.9 Å². The highest BCUT2D eigenvalue weighted by molar-refractivity contribution is 6.14. The van der Waals surface area contributed by atoms with E-state index in [4.69, 9.17) is 9.47 Å². The maximum atomic E-state index is 12.7. The van der Waals surface area contributed by atoms with Gasteiger partial charge in [-0.05, 0) is 29.8 Å². The molecular formula is C21H15N3O3. The Labute approximate surface area is 155 Å². The SMILES string of the molecule is N#C/C(=C/c1cnn(Cc2ccccc2)c1)C(=O)c1ccc2c(c1)OCO2. The van der Waals surface area contributed by atoms with E-state index in [2.05, 4.69) is 5.10 Å². The molecule has 0 saturated heterocycles. The Balaban J connectivity index is 1.55. The number of benzene rings is 2. The van der Waals surface area contributed by atoms with Crippen LogP contribution in [-0.2, 0) is 6.54 Å². The van der Waals surface area contributed by atoms with Crippen molar-refractivity contribution < 1.29 is 14.3 Å². The van der Waals surface area contributed by atoms with Gasteiger partial charge in [0.25, 0.3) is 0 Å². The van der Waals surface area contributed by atoms with E-state index in [-0.39, 0.29) is 18.1 Å². The number of carbonyl (C=O) groups excluding carboxylic acids is 1. The second kappa shape index (κ2) is 7.18. The van der Waals surface area contributed by atoms with Crippen LogP contribution in [0.15, 0.2) is 66.5 Å². The molecule has 0 atom stereocenters. The monoisotopic (exact) mass is 357 g/mol. The van der Waals surface area contributed by atoms with Crippen molar-refractivity contribution in [2.75, 3.05) is 6.79 Å². The lowest BCUT2D eigenvalue weighted by molar-refractivity contribution is 0.103. The molecule has 0 unspecified atom stereocenters. The predicted octanol–water partition coefficient (Wildman–Crippen LogP) is 3.45. The summed E-state index contributed by atoms with van der Waals surface area (Å²) in [6, 6.07) is 16.8. The van der Waals surface area contributed by atoms with E-state index >= 15 is 0 Å². The van der Waals surface area contributed by atoms with Crippen molar-refractivity contribution in [2.24, 2.45) is 0 Å². The molecule has 0 spiro atoms. The number of fused-ring (bicyclic) bond motifs is 1. The Hall–Kier alpha value is -3.85. The lowest BCUT2D eigenvalue weighted by Gasteiger charge is -2.01. The number of rotatable bonds is 5. The van der Waals surface area contributed by atoms with E-state index in [9.17, 15) is 10.1 Å². The molecule has 0 fully saturated rings. The number of aromatic nitrogens is 2. The second-order valence-corrected chi connectivity index (χ2v) is 6.02. The van der Waals surface area contributed by atoms with Crippen LogP contribution in [-0.4, -0.2) is 22.4 Å². The van der Waals surface area contributed by atoms with Crippen LogP contribution in [0, 0.1) is 11.3 Å². The third kappa shape index (κ3) is 3.58. The van der Waals surface area contributed by atoms with E-state index in [1.54, 1.807) is 41.4 Å². The Morgan fingerprint density at radius 2 is 2.00 bits per heavy atom. The van der Waals surface area contributed by atoms with Gasteiger partial charge in [-0.15, -0.1) is 0 Å². The minimum Gasteiger partial charge on any atom is -0.454 e. The average Bonchev–Trinajstić information content (AvgIpc) is 3.35. The number of ether oxygens (including phenoxy) is 2. The molecule has 0 N–H and O–H groups in total. The van der Waals surface area contributed by atoms with E-state index < -0.39 is 0 Å². The Morgan fingerprint density at radius 3 is 2.81 bits per heavy atom. The molecule has 2 heterocycles. The van der Waals surface area contributed by atoms with Gasteiger partial charge in [0.15, 0.2) is 11.5 Å². The first-order valence-corrected chi connectivity index (χ1v) is 8.35. The van der Waals surface area contributed by atoms with E-state index in [0.717, 1.165) is 5.56 Å². The van der Waals surface area contributed by atoms with Gasteiger partial charge in [0.1, 0.15) is 11.6 Å². The van der Waals surface area contributed by atoms with Crippen LogP contribution < -0.4 is 9.47 Å². The molecule has 1 aromatic heterocycles. The summed E-state index contributed by atoms with van der Waals surface area (Å²) in [7, 11) is 0. The van der Waals surface area contributed by atoms with Crippen LogP contribution in [0.1, 0.15) is 21.5 Å².